The topological polar surface area (TPSA) is 89.4 Å². The molecule has 186 valence electrons. The number of aromatic nitrogens is 3. The average Bonchev–Trinajstić information content (AvgIpc) is 3.67. The molecule has 10 heteroatoms. The van der Waals surface area contributed by atoms with Crippen molar-refractivity contribution in [2.24, 2.45) is 0 Å². The lowest BCUT2D eigenvalue weighted by Gasteiger charge is -2.31. The zero-order valence-electron chi connectivity index (χ0n) is 19.5. The lowest BCUT2D eigenvalue weighted by Crippen LogP contribution is -2.45. The van der Waals surface area contributed by atoms with Crippen LogP contribution in [0.4, 0.5) is 0 Å². The first kappa shape index (κ1) is 24.4. The van der Waals surface area contributed by atoms with Crippen LogP contribution >= 0.6 is 22.9 Å². The van der Waals surface area contributed by atoms with Crippen molar-refractivity contribution >= 4 is 45.8 Å². The third-order valence-electron chi connectivity index (χ3n) is 6.22. The molecule has 4 aromatic rings. The van der Waals surface area contributed by atoms with Crippen molar-refractivity contribution in [3.05, 3.63) is 81.5 Å². The van der Waals surface area contributed by atoms with Gasteiger partial charge in [-0.25, -0.2) is 4.68 Å². The summed E-state index contributed by atoms with van der Waals surface area (Å²) in [5.41, 5.74) is 2.20. The Balaban J connectivity index is 1.47. The Hall–Kier alpha value is -3.27. The quantitative estimate of drug-likeness (QED) is 0.355. The summed E-state index contributed by atoms with van der Waals surface area (Å²) in [6.07, 6.45) is 1.89. The van der Waals surface area contributed by atoms with Crippen LogP contribution in [-0.2, 0) is 27.4 Å². The van der Waals surface area contributed by atoms with Crippen LogP contribution in [0.3, 0.4) is 0 Å². The zero-order valence-corrected chi connectivity index (χ0v) is 21.1. The molecule has 0 saturated carbocycles. The minimum absolute atomic E-state index is 0.00725. The van der Waals surface area contributed by atoms with E-state index in [4.69, 9.17) is 16.3 Å². The van der Waals surface area contributed by atoms with Gasteiger partial charge in [0.05, 0.1) is 11.6 Å². The van der Waals surface area contributed by atoms with Crippen molar-refractivity contribution in [3.63, 3.8) is 0 Å². The van der Waals surface area contributed by atoms with Gasteiger partial charge in [-0.1, -0.05) is 53.2 Å². The molecule has 2 amide bonds. The van der Waals surface area contributed by atoms with Gasteiger partial charge in [0.25, 0.3) is 0 Å². The van der Waals surface area contributed by atoms with Crippen LogP contribution < -0.4 is 5.32 Å². The Kier molecular flexibility index (Phi) is 7.60. The zero-order chi connectivity index (χ0) is 24.9. The number of rotatable bonds is 9. The Morgan fingerprint density at radius 2 is 2.00 bits per heavy atom. The third-order valence-corrected chi connectivity index (χ3v) is 7.52. The number of hydrogen-bond donors (Lipinski definition) is 1. The molecule has 0 radical (unpaired) electrons. The molecule has 3 heterocycles. The van der Waals surface area contributed by atoms with Gasteiger partial charge in [-0.3, -0.25) is 9.59 Å². The summed E-state index contributed by atoms with van der Waals surface area (Å²) in [5, 5.41) is 13.8. The van der Waals surface area contributed by atoms with Gasteiger partial charge in [0.1, 0.15) is 18.1 Å². The van der Waals surface area contributed by atoms with Crippen molar-refractivity contribution in [1.82, 2.24) is 25.2 Å². The van der Waals surface area contributed by atoms with Crippen LogP contribution in [0.2, 0.25) is 5.02 Å². The normalized spacial score (nSPS) is 16.2. The van der Waals surface area contributed by atoms with Crippen molar-refractivity contribution < 1.29 is 14.3 Å². The summed E-state index contributed by atoms with van der Waals surface area (Å²) >= 11 is 7.91. The highest BCUT2D eigenvalue weighted by molar-refractivity contribution is 7.10. The summed E-state index contributed by atoms with van der Waals surface area (Å²) in [7, 11) is 0. The van der Waals surface area contributed by atoms with Gasteiger partial charge in [0, 0.05) is 29.6 Å². The molecular formula is C26H26ClN5O3S. The molecule has 0 spiro atoms. The number of hydrogen-bond acceptors (Lipinski definition) is 6. The standard InChI is InChI=1S/C26H26ClN5O3S/c27-20-9-2-1-7-18(20)16-31(24(33)17-32-22-11-4-3-10-21(22)29-30-32)25(23-12-6-14-36-23)26(34)28-15-19-8-5-13-35-19/h1-4,6-7,9-12,14,19,25H,5,8,13,15-17H2,(H,28,34)/t19-,25+/m0/s1. The third kappa shape index (κ3) is 5.43. The first-order chi connectivity index (χ1) is 17.6. The molecule has 1 N–H and O–H groups in total. The maximum Gasteiger partial charge on any atom is 0.248 e. The number of nitrogens with zero attached hydrogens (tertiary/aromatic N) is 4. The van der Waals surface area contributed by atoms with Crippen LogP contribution in [0.25, 0.3) is 11.0 Å². The minimum atomic E-state index is -0.829. The monoisotopic (exact) mass is 523 g/mol. The Bertz CT molecular complexity index is 1340. The van der Waals surface area contributed by atoms with Crippen LogP contribution in [0.15, 0.2) is 66.0 Å². The van der Waals surface area contributed by atoms with E-state index < -0.39 is 6.04 Å². The summed E-state index contributed by atoms with van der Waals surface area (Å²) in [5.74, 6) is -0.520. The molecule has 1 aliphatic heterocycles. The lowest BCUT2D eigenvalue weighted by atomic mass is 10.1. The molecule has 1 aliphatic rings. The highest BCUT2D eigenvalue weighted by atomic mass is 35.5. The molecule has 1 saturated heterocycles. The number of amides is 2. The maximum atomic E-state index is 13.9. The van der Waals surface area contributed by atoms with E-state index in [0.29, 0.717) is 23.7 Å². The largest absolute Gasteiger partial charge is 0.376 e. The minimum Gasteiger partial charge on any atom is -0.376 e. The van der Waals surface area contributed by atoms with Gasteiger partial charge in [-0.15, -0.1) is 16.4 Å². The number of benzene rings is 2. The molecule has 2 aromatic carbocycles. The van der Waals surface area contributed by atoms with Gasteiger partial charge >= 0.3 is 0 Å². The Morgan fingerprint density at radius 3 is 2.78 bits per heavy atom. The lowest BCUT2D eigenvalue weighted by molar-refractivity contribution is -0.142. The van der Waals surface area contributed by atoms with E-state index in [-0.39, 0.29) is 31.0 Å². The van der Waals surface area contributed by atoms with E-state index in [9.17, 15) is 9.59 Å². The predicted molar refractivity (Wildman–Crippen MR) is 139 cm³/mol. The number of halogens is 1. The Labute approximate surface area is 217 Å². The summed E-state index contributed by atoms with van der Waals surface area (Å²) in [4.78, 5) is 29.8. The van der Waals surface area contributed by atoms with Gasteiger partial charge < -0.3 is 15.0 Å². The van der Waals surface area contributed by atoms with Gasteiger partial charge in [0.2, 0.25) is 11.8 Å². The van der Waals surface area contributed by atoms with Gasteiger partial charge in [-0.2, -0.15) is 0 Å². The molecule has 36 heavy (non-hydrogen) atoms. The van der Waals surface area contributed by atoms with Crippen molar-refractivity contribution in [3.8, 4) is 0 Å². The molecule has 2 aromatic heterocycles. The fourth-order valence-corrected chi connectivity index (χ4v) is 5.40. The number of ether oxygens (including phenoxy) is 1. The first-order valence-corrected chi connectivity index (χ1v) is 13.1. The number of nitrogens with one attached hydrogen (secondary N) is 1. The van der Waals surface area contributed by atoms with E-state index in [1.807, 2.05) is 60.0 Å². The Morgan fingerprint density at radius 1 is 1.17 bits per heavy atom. The molecule has 0 bridgehead atoms. The molecule has 0 unspecified atom stereocenters. The van der Waals surface area contributed by atoms with Gasteiger partial charge in [0.15, 0.2) is 0 Å². The van der Waals surface area contributed by atoms with Crippen LogP contribution in [-0.4, -0.2) is 51.0 Å². The second kappa shape index (κ2) is 11.2. The van der Waals surface area contributed by atoms with E-state index in [1.54, 1.807) is 15.6 Å². The number of carbonyl (C=O) groups excluding carboxylic acids is 2. The van der Waals surface area contributed by atoms with Crippen LogP contribution in [0.1, 0.15) is 29.3 Å². The first-order valence-electron chi connectivity index (χ1n) is 11.8. The second-order valence-corrected chi connectivity index (χ2v) is 10.0. The fraction of sp³-hybridized carbons (Fsp3) is 0.308. The fourth-order valence-electron chi connectivity index (χ4n) is 4.37. The summed E-state index contributed by atoms with van der Waals surface area (Å²) in [6.45, 7) is 1.22. The molecule has 8 nitrogen and oxygen atoms in total. The van der Waals surface area contributed by atoms with E-state index >= 15 is 0 Å². The van der Waals surface area contributed by atoms with Crippen LogP contribution in [0.5, 0.6) is 0 Å². The number of fused-ring (bicyclic) bond motifs is 1. The van der Waals surface area contributed by atoms with Crippen molar-refractivity contribution in [1.29, 1.82) is 0 Å². The second-order valence-electron chi connectivity index (χ2n) is 8.65. The molecule has 1 fully saturated rings. The van der Waals surface area contributed by atoms with Crippen molar-refractivity contribution in [2.45, 2.75) is 38.1 Å². The summed E-state index contributed by atoms with van der Waals surface area (Å²) < 4.78 is 7.24. The SMILES string of the molecule is O=C(NC[C@@H]1CCCO1)[C@@H](c1cccs1)N(Cc1ccccc1Cl)C(=O)Cn1nnc2ccccc21. The van der Waals surface area contributed by atoms with E-state index in [1.165, 1.54) is 11.3 Å². The number of carbonyl (C=O) groups is 2. The summed E-state index contributed by atoms with van der Waals surface area (Å²) in [6, 6.07) is 17.7. The smallest absolute Gasteiger partial charge is 0.248 e. The predicted octanol–water partition coefficient (Wildman–Crippen LogP) is 4.21. The van der Waals surface area contributed by atoms with Crippen LogP contribution in [0, 0.1) is 0 Å². The molecule has 0 aliphatic carbocycles. The number of thiophene rings is 1. The highest BCUT2D eigenvalue weighted by Crippen LogP contribution is 2.30. The molecule has 5 rings (SSSR count). The highest BCUT2D eigenvalue weighted by Gasteiger charge is 2.33. The number of para-hydroxylation sites is 1. The van der Waals surface area contributed by atoms with E-state index in [0.717, 1.165) is 28.8 Å². The van der Waals surface area contributed by atoms with E-state index in [2.05, 4.69) is 15.6 Å². The van der Waals surface area contributed by atoms with Crippen molar-refractivity contribution in [2.75, 3.05) is 13.2 Å². The van der Waals surface area contributed by atoms with Gasteiger partial charge in [-0.05, 0) is 48.1 Å². The molecule has 2 atom stereocenters. The maximum absolute atomic E-state index is 13.9. The molecular weight excluding hydrogens is 498 g/mol. The average molecular weight is 524 g/mol.